The standard InChI is InChI=1S/C20H23F2N11O9P2S2/c1-37-12-7(41-18(9(12)22)32-5-27-10-14(23)25-4-26-15(10)32)3-39-44(36,46)42-13-8(21)6(2-38-43(35)45)40-19(13)33-16-11(30-31-33)17(34)29-20(24)28-16/h4-9,12-13,18-19H,2-3H2,1H3,(H6-,23,24,25,26,28,29,31,34,35,36,45,46)/p+1/t6-,7-,8+,9+,12-,13-,18-,19-,44?/m1/s1. The Morgan fingerprint density at radius 2 is 1.89 bits per heavy atom. The van der Waals surface area contributed by atoms with Crippen LogP contribution in [0.2, 0.25) is 0 Å². The van der Waals surface area contributed by atoms with Gasteiger partial charge in [0.05, 0.1) is 12.9 Å². The van der Waals surface area contributed by atoms with Crippen LogP contribution in [0.4, 0.5) is 20.5 Å². The number of alkyl halides is 2. The van der Waals surface area contributed by atoms with Gasteiger partial charge in [-0.25, -0.2) is 23.7 Å². The summed E-state index contributed by atoms with van der Waals surface area (Å²) in [6.07, 6.45) is -9.82. The van der Waals surface area contributed by atoms with Gasteiger partial charge in [-0.05, 0) is 16.4 Å². The second-order valence-electron chi connectivity index (χ2n) is 9.83. The second-order valence-corrected chi connectivity index (χ2v) is 14.3. The number of nitrogen functional groups attached to an aromatic ring is 2. The molecular formula is C20H24F2N11O9P2S2+. The summed E-state index contributed by atoms with van der Waals surface area (Å²) in [6, 6.07) is 0. The summed E-state index contributed by atoms with van der Waals surface area (Å²) >= 11 is 8.80. The normalized spacial score (nSPS) is 29.9. The highest BCUT2D eigenvalue weighted by Crippen LogP contribution is 2.51. The first-order valence-electron chi connectivity index (χ1n) is 13.0. The van der Waals surface area contributed by atoms with Crippen LogP contribution >= 0.6 is 26.2 Å². The molecule has 20 nitrogen and oxygen atoms in total. The highest BCUT2D eigenvalue weighted by Gasteiger charge is 2.52. The monoisotopic (exact) mass is 726 g/mol. The molecule has 0 aliphatic carbocycles. The fourth-order valence-corrected chi connectivity index (χ4v) is 6.93. The fraction of sp³-hybridized carbons (Fsp3) is 0.550. The van der Waals surface area contributed by atoms with E-state index in [0.717, 1.165) is 4.68 Å². The first-order valence-corrected chi connectivity index (χ1v) is 17.9. The zero-order chi connectivity index (χ0) is 32.9. The lowest BCUT2D eigenvalue weighted by Gasteiger charge is -2.26. The lowest BCUT2D eigenvalue weighted by atomic mass is 10.1. The van der Waals surface area contributed by atoms with Crippen molar-refractivity contribution in [3.63, 3.8) is 0 Å². The lowest BCUT2D eigenvalue weighted by Crippen LogP contribution is -2.34. The van der Waals surface area contributed by atoms with Gasteiger partial charge in [0.1, 0.15) is 55.1 Å². The molecule has 2 saturated heterocycles. The Hall–Kier alpha value is -2.89. The van der Waals surface area contributed by atoms with E-state index in [2.05, 4.69) is 47.5 Å². The number of aromatic amines is 1. The molecule has 26 heteroatoms. The van der Waals surface area contributed by atoms with Crippen LogP contribution in [0.1, 0.15) is 12.5 Å². The summed E-state index contributed by atoms with van der Waals surface area (Å²) in [7, 11) is -1.19. The predicted molar refractivity (Wildman–Crippen MR) is 158 cm³/mol. The van der Waals surface area contributed by atoms with Gasteiger partial charge in [0.25, 0.3) is 5.56 Å². The van der Waals surface area contributed by atoms with Crippen molar-refractivity contribution in [1.29, 1.82) is 0 Å². The molecule has 2 fully saturated rings. The number of halogens is 2. The molecular weight excluding hydrogens is 702 g/mol. The van der Waals surface area contributed by atoms with Crippen LogP contribution in [0.15, 0.2) is 17.4 Å². The number of imidazole rings is 1. The van der Waals surface area contributed by atoms with E-state index < -0.39 is 81.9 Å². The Morgan fingerprint density at radius 3 is 2.63 bits per heavy atom. The maximum absolute atomic E-state index is 15.8. The van der Waals surface area contributed by atoms with Gasteiger partial charge >= 0.3 is 13.9 Å². The number of H-pyrrole nitrogens is 1. The van der Waals surface area contributed by atoms with Crippen LogP contribution < -0.4 is 17.0 Å². The van der Waals surface area contributed by atoms with Crippen molar-refractivity contribution in [3.05, 3.63) is 23.0 Å². The topological polar surface area (TPSA) is 265 Å². The summed E-state index contributed by atoms with van der Waals surface area (Å²) < 4.78 is 77.7. The minimum atomic E-state index is -4.39. The summed E-state index contributed by atoms with van der Waals surface area (Å²) in [5, 5.41) is 7.55. The van der Waals surface area contributed by atoms with Crippen LogP contribution in [-0.2, 0) is 44.2 Å². The van der Waals surface area contributed by atoms with E-state index in [1.165, 1.54) is 24.3 Å². The SMILES string of the molecule is CO[C@H]1[C@H](F)[C@H](n2cnc3c(N)ncnc32)O[C@@H]1COP(O)(=S)O[C@@H]1[C@@H](F)[C@@H](CO[P+](=O)S)O[C@H]1n1nnc2c(=O)[nH]c(N)nc21. The number of rotatable bonds is 11. The fourth-order valence-electron chi connectivity index (χ4n) is 5.05. The van der Waals surface area contributed by atoms with E-state index in [-0.39, 0.29) is 34.1 Å². The Kier molecular flexibility index (Phi) is 9.30. The molecule has 0 bridgehead atoms. The van der Waals surface area contributed by atoms with Gasteiger partial charge in [0.2, 0.25) is 5.95 Å². The van der Waals surface area contributed by atoms with E-state index in [4.69, 9.17) is 51.1 Å². The van der Waals surface area contributed by atoms with Crippen LogP contribution in [0.25, 0.3) is 22.3 Å². The minimum Gasteiger partial charge on any atom is -0.382 e. The molecule has 0 aromatic carbocycles. The van der Waals surface area contributed by atoms with E-state index in [1.54, 1.807) is 0 Å². The van der Waals surface area contributed by atoms with Gasteiger partial charge in [-0.3, -0.25) is 18.9 Å². The van der Waals surface area contributed by atoms with E-state index >= 15 is 8.78 Å². The molecule has 2 aliphatic rings. The molecule has 0 spiro atoms. The molecule has 0 amide bonds. The third-order valence-corrected chi connectivity index (χ3v) is 9.34. The Morgan fingerprint density at radius 1 is 1.13 bits per heavy atom. The number of anilines is 2. The number of nitrogens with zero attached hydrogens (tertiary/aromatic N) is 8. The first-order chi connectivity index (χ1) is 21.9. The lowest BCUT2D eigenvalue weighted by molar-refractivity contribution is -0.0600. The first kappa shape index (κ1) is 33.0. The quantitative estimate of drug-likeness (QED) is 0.102. The molecule has 248 valence electrons. The number of ether oxygens (including phenoxy) is 3. The van der Waals surface area contributed by atoms with Gasteiger partial charge in [-0.15, -0.1) is 9.62 Å². The van der Waals surface area contributed by atoms with Gasteiger partial charge in [0, 0.05) is 7.11 Å². The molecule has 6 N–H and O–H groups in total. The number of methoxy groups -OCH3 is 1. The van der Waals surface area contributed by atoms with Gasteiger partial charge in [0.15, 0.2) is 47.4 Å². The van der Waals surface area contributed by atoms with Crippen molar-refractivity contribution in [3.8, 4) is 0 Å². The van der Waals surface area contributed by atoms with Crippen LogP contribution in [0.3, 0.4) is 0 Å². The zero-order valence-electron chi connectivity index (χ0n) is 23.1. The second kappa shape index (κ2) is 13.0. The van der Waals surface area contributed by atoms with Crippen LogP contribution in [0.5, 0.6) is 0 Å². The maximum atomic E-state index is 15.8. The number of hydrogen-bond acceptors (Lipinski definition) is 17. The predicted octanol–water partition coefficient (Wildman–Crippen LogP) is 0.227. The van der Waals surface area contributed by atoms with Crippen molar-refractivity contribution in [2.24, 2.45) is 0 Å². The smallest absolute Gasteiger partial charge is 0.382 e. The van der Waals surface area contributed by atoms with Gasteiger partial charge in [-0.2, -0.15) is 9.67 Å². The molecule has 2 unspecified atom stereocenters. The van der Waals surface area contributed by atoms with Crippen molar-refractivity contribution in [1.82, 2.24) is 44.5 Å². The Bertz CT molecular complexity index is 1890. The van der Waals surface area contributed by atoms with Gasteiger partial charge < -0.3 is 35.1 Å². The molecule has 2 aliphatic heterocycles. The number of hydrogen-bond donors (Lipinski definition) is 5. The highest BCUT2D eigenvalue weighted by molar-refractivity contribution is 8.39. The number of nitrogens with two attached hydrogens (primary N) is 2. The number of fused-ring (bicyclic) bond motifs is 2. The van der Waals surface area contributed by atoms with Crippen molar-refractivity contribution < 1.29 is 46.0 Å². The molecule has 6 rings (SSSR count). The molecule has 6 heterocycles. The Balaban J connectivity index is 1.21. The zero-order valence-corrected chi connectivity index (χ0v) is 26.6. The minimum absolute atomic E-state index is 0.0805. The van der Waals surface area contributed by atoms with Crippen molar-refractivity contribution in [2.75, 3.05) is 31.8 Å². The molecule has 0 radical (unpaired) electrons. The van der Waals surface area contributed by atoms with Crippen LogP contribution in [0, 0.1) is 0 Å². The van der Waals surface area contributed by atoms with Crippen molar-refractivity contribution in [2.45, 2.75) is 49.2 Å². The highest BCUT2D eigenvalue weighted by atomic mass is 32.7. The molecule has 0 saturated carbocycles. The number of aromatic nitrogens is 9. The summed E-state index contributed by atoms with van der Waals surface area (Å²) in [5.74, 6) is -0.221. The van der Waals surface area contributed by atoms with Crippen molar-refractivity contribution >= 4 is 72.1 Å². The van der Waals surface area contributed by atoms with E-state index in [9.17, 15) is 14.3 Å². The third kappa shape index (κ3) is 6.22. The number of thiol groups is 1. The summed E-state index contributed by atoms with van der Waals surface area (Å²) in [6.45, 7) is -5.50. The van der Waals surface area contributed by atoms with Crippen LogP contribution in [-0.4, -0.2) is 106 Å². The largest absolute Gasteiger partial charge is 0.582 e. The summed E-state index contributed by atoms with van der Waals surface area (Å²) in [5.41, 5.74) is 10.7. The Labute approximate surface area is 266 Å². The molecule has 46 heavy (non-hydrogen) atoms. The average Bonchev–Trinajstić information content (AvgIpc) is 3.75. The molecule has 10 atom stereocenters. The third-order valence-electron chi connectivity index (χ3n) is 7.06. The summed E-state index contributed by atoms with van der Waals surface area (Å²) in [4.78, 5) is 41.6. The number of nitrogens with one attached hydrogen (secondary N) is 1. The van der Waals surface area contributed by atoms with E-state index in [1.807, 2.05) is 0 Å². The molecule has 4 aromatic heterocycles. The average molecular weight is 727 g/mol. The molecule has 4 aromatic rings. The maximum Gasteiger partial charge on any atom is 0.582 e. The van der Waals surface area contributed by atoms with E-state index in [0.29, 0.717) is 0 Å². The van der Waals surface area contributed by atoms with Gasteiger partial charge in [-0.1, -0.05) is 5.21 Å².